The van der Waals surface area contributed by atoms with Gasteiger partial charge in [-0.3, -0.25) is 0 Å². The molecule has 1 radical (unpaired) electrons. The van der Waals surface area contributed by atoms with Crippen molar-refractivity contribution >= 4 is 6.08 Å². The van der Waals surface area contributed by atoms with Gasteiger partial charge in [0, 0.05) is 32.7 Å². The van der Waals surface area contributed by atoms with Gasteiger partial charge in [0.25, 0.3) is 0 Å². The number of aryl methyl sites for hydroxylation is 2. The summed E-state index contributed by atoms with van der Waals surface area (Å²) in [5.41, 5.74) is 4.14. The first-order valence-corrected chi connectivity index (χ1v) is 5.04. The largest absolute Gasteiger partial charge is 0.180 e. The molecular formula is C13H17Y-. The summed E-state index contributed by atoms with van der Waals surface area (Å²) in [6, 6.07) is 7.40. The SMILES string of the molecule is CC.Cc1[c-]ccc2c1C=CCC2.[Y]. The molecule has 1 aliphatic carbocycles. The summed E-state index contributed by atoms with van der Waals surface area (Å²) in [6.07, 6.45) is 6.84. The van der Waals surface area contributed by atoms with Crippen LogP contribution >= 0.6 is 0 Å². The summed E-state index contributed by atoms with van der Waals surface area (Å²) in [7, 11) is 0. The van der Waals surface area contributed by atoms with E-state index < -0.39 is 0 Å². The Kier molecular flexibility index (Phi) is 7.40. The topological polar surface area (TPSA) is 0 Å². The second-order valence-corrected chi connectivity index (χ2v) is 2.98. The Balaban J connectivity index is 0.000000531. The summed E-state index contributed by atoms with van der Waals surface area (Å²) in [5, 5.41) is 0. The van der Waals surface area contributed by atoms with E-state index in [0.717, 1.165) is 0 Å². The molecule has 0 aliphatic heterocycles. The average molecular weight is 262 g/mol. The van der Waals surface area contributed by atoms with Crippen molar-refractivity contribution in [2.24, 2.45) is 0 Å². The number of hydrogen-bond acceptors (Lipinski definition) is 0. The minimum absolute atomic E-state index is 0. The maximum atomic E-state index is 3.21. The molecule has 0 amide bonds. The first-order chi connectivity index (χ1) is 6.38. The van der Waals surface area contributed by atoms with Gasteiger partial charge in [0.1, 0.15) is 0 Å². The van der Waals surface area contributed by atoms with E-state index in [9.17, 15) is 0 Å². The van der Waals surface area contributed by atoms with Gasteiger partial charge in [0.2, 0.25) is 0 Å². The third-order valence-corrected chi connectivity index (χ3v) is 2.20. The minimum Gasteiger partial charge on any atom is -0.180 e. The first-order valence-electron chi connectivity index (χ1n) is 5.04. The van der Waals surface area contributed by atoms with Crippen LogP contribution in [-0.2, 0) is 39.1 Å². The smallest absolute Gasteiger partial charge is 0 e. The Bertz CT molecular complexity index is 300. The van der Waals surface area contributed by atoms with Crippen molar-refractivity contribution < 1.29 is 32.7 Å². The average Bonchev–Trinajstić information content (AvgIpc) is 2.22. The van der Waals surface area contributed by atoms with E-state index in [-0.39, 0.29) is 32.7 Å². The molecule has 73 valence electrons. The molecule has 0 nitrogen and oxygen atoms in total. The molecule has 0 N–H and O–H groups in total. The Morgan fingerprint density at radius 1 is 1.29 bits per heavy atom. The molecule has 0 saturated carbocycles. The van der Waals surface area contributed by atoms with Crippen molar-refractivity contribution in [3.63, 3.8) is 0 Å². The Morgan fingerprint density at radius 2 is 2.00 bits per heavy atom. The number of rotatable bonds is 0. The molecular weight excluding hydrogens is 245 g/mol. The second kappa shape index (κ2) is 7.37. The normalized spacial score (nSPS) is 11.9. The molecule has 0 spiro atoms. The molecule has 0 unspecified atom stereocenters. The van der Waals surface area contributed by atoms with Crippen molar-refractivity contribution in [1.29, 1.82) is 0 Å². The van der Waals surface area contributed by atoms with Crippen molar-refractivity contribution in [1.82, 2.24) is 0 Å². The molecule has 0 heterocycles. The van der Waals surface area contributed by atoms with Crippen molar-refractivity contribution in [2.45, 2.75) is 33.6 Å². The van der Waals surface area contributed by atoms with E-state index in [1.54, 1.807) is 0 Å². The van der Waals surface area contributed by atoms with E-state index >= 15 is 0 Å². The molecule has 2 rings (SSSR count). The van der Waals surface area contributed by atoms with Crippen LogP contribution in [0, 0.1) is 13.0 Å². The summed E-state index contributed by atoms with van der Waals surface area (Å²) >= 11 is 0. The monoisotopic (exact) mass is 262 g/mol. The quantitative estimate of drug-likeness (QED) is 0.624. The van der Waals surface area contributed by atoms with E-state index in [1.165, 1.54) is 29.5 Å². The van der Waals surface area contributed by atoms with Crippen molar-refractivity contribution in [2.75, 3.05) is 0 Å². The maximum absolute atomic E-state index is 3.21. The van der Waals surface area contributed by atoms with E-state index in [1.807, 2.05) is 19.9 Å². The van der Waals surface area contributed by atoms with Crippen LogP contribution < -0.4 is 0 Å². The Morgan fingerprint density at radius 3 is 2.64 bits per heavy atom. The van der Waals surface area contributed by atoms with Crippen LogP contribution in [0.1, 0.15) is 37.0 Å². The standard InChI is InChI=1S/C11H11.C2H6.Y/c1-9-5-4-7-10-6-2-3-8-11(9)10;1-2;/h3-4,7-8H,2,6H2,1H3;1-2H3;/q-1;;. The summed E-state index contributed by atoms with van der Waals surface area (Å²) in [4.78, 5) is 0. The number of allylic oxidation sites excluding steroid dienone is 1. The molecule has 14 heavy (non-hydrogen) atoms. The maximum Gasteiger partial charge on any atom is 0 e. The second-order valence-electron chi connectivity index (χ2n) is 2.98. The van der Waals surface area contributed by atoms with Gasteiger partial charge in [-0.15, -0.1) is 11.6 Å². The van der Waals surface area contributed by atoms with Gasteiger partial charge >= 0.3 is 0 Å². The molecule has 0 fully saturated rings. The zero-order chi connectivity index (χ0) is 9.68. The molecule has 1 aromatic carbocycles. The molecule has 1 aliphatic rings. The van der Waals surface area contributed by atoms with Crippen LogP contribution in [0.4, 0.5) is 0 Å². The molecule has 0 atom stereocenters. The molecule has 0 saturated heterocycles. The fourth-order valence-electron chi connectivity index (χ4n) is 1.57. The fourth-order valence-corrected chi connectivity index (χ4v) is 1.57. The van der Waals surface area contributed by atoms with Gasteiger partial charge in [-0.1, -0.05) is 26.8 Å². The third-order valence-electron chi connectivity index (χ3n) is 2.20. The van der Waals surface area contributed by atoms with Gasteiger partial charge in [-0.25, -0.2) is 0 Å². The molecule has 1 aromatic rings. The van der Waals surface area contributed by atoms with Crippen molar-refractivity contribution in [3.05, 3.63) is 41.0 Å². The van der Waals surface area contributed by atoms with Gasteiger partial charge in [-0.05, 0) is 12.8 Å². The predicted molar refractivity (Wildman–Crippen MR) is 58.7 cm³/mol. The van der Waals surface area contributed by atoms with Crippen molar-refractivity contribution in [3.8, 4) is 0 Å². The van der Waals surface area contributed by atoms with Crippen LogP contribution in [0.15, 0.2) is 18.2 Å². The minimum atomic E-state index is 0. The number of hydrogen-bond donors (Lipinski definition) is 0. The van der Waals surface area contributed by atoms with Crippen LogP contribution in [0.5, 0.6) is 0 Å². The van der Waals surface area contributed by atoms with Crippen LogP contribution in [-0.4, -0.2) is 0 Å². The Labute approximate surface area is 113 Å². The zero-order valence-electron chi connectivity index (χ0n) is 9.30. The van der Waals surface area contributed by atoms with Crippen LogP contribution in [0.3, 0.4) is 0 Å². The van der Waals surface area contributed by atoms with E-state index in [0.29, 0.717) is 0 Å². The van der Waals surface area contributed by atoms with E-state index in [4.69, 9.17) is 0 Å². The van der Waals surface area contributed by atoms with Gasteiger partial charge in [0.15, 0.2) is 0 Å². The first kappa shape index (κ1) is 14.1. The van der Waals surface area contributed by atoms with Crippen LogP contribution in [0.25, 0.3) is 6.08 Å². The third kappa shape index (κ3) is 3.33. The summed E-state index contributed by atoms with van der Waals surface area (Å²) in [6.45, 7) is 6.12. The molecule has 1 heteroatoms. The Hall–Kier alpha value is 0.0639. The van der Waals surface area contributed by atoms with E-state index in [2.05, 4.69) is 31.2 Å². The van der Waals surface area contributed by atoms with Gasteiger partial charge in [0.05, 0.1) is 0 Å². The van der Waals surface area contributed by atoms with Gasteiger partial charge < -0.3 is 0 Å². The fraction of sp³-hybridized carbons (Fsp3) is 0.385. The van der Waals surface area contributed by atoms with Crippen LogP contribution in [0.2, 0.25) is 0 Å². The molecule has 0 bridgehead atoms. The number of benzene rings is 1. The summed E-state index contributed by atoms with van der Waals surface area (Å²) in [5.74, 6) is 0. The van der Waals surface area contributed by atoms with Gasteiger partial charge in [-0.2, -0.15) is 29.3 Å². The zero-order valence-corrected chi connectivity index (χ0v) is 12.1. The number of fused-ring (bicyclic) bond motifs is 1. The summed E-state index contributed by atoms with van der Waals surface area (Å²) < 4.78 is 0. The molecule has 0 aromatic heterocycles. The predicted octanol–water partition coefficient (Wildman–Crippen LogP) is 3.78.